The van der Waals surface area contributed by atoms with E-state index in [1.807, 2.05) is 20.8 Å². The maximum atomic E-state index is 13.1. The molecule has 0 aliphatic carbocycles. The first kappa shape index (κ1) is 16.3. The Bertz CT molecular complexity index is 699. The number of amides is 1. The maximum Gasteiger partial charge on any atom is 0.416 e. The zero-order valence-electron chi connectivity index (χ0n) is 12.6. The number of benzene rings is 2. The molecule has 5 heteroatoms. The van der Waals surface area contributed by atoms with Crippen LogP contribution in [0.25, 0.3) is 0 Å². The van der Waals surface area contributed by atoms with Crippen molar-refractivity contribution in [2.75, 3.05) is 4.90 Å². The second kappa shape index (κ2) is 6.36. The van der Waals surface area contributed by atoms with Crippen molar-refractivity contribution >= 4 is 29.1 Å². The van der Waals surface area contributed by atoms with Crippen LogP contribution in [0.3, 0.4) is 0 Å². The summed E-state index contributed by atoms with van der Waals surface area (Å²) in [6.07, 6.45) is -1.13. The summed E-state index contributed by atoms with van der Waals surface area (Å²) in [5, 5.41) is 10.2. The van der Waals surface area contributed by atoms with Crippen LogP contribution >= 0.6 is 11.6 Å². The average molecular weight is 322 g/mol. The van der Waals surface area contributed by atoms with Crippen molar-refractivity contribution in [3.8, 4) is 0 Å². The molecular weight excluding hydrogens is 305 g/mol. The van der Waals surface area contributed by atoms with Gasteiger partial charge >= 0.3 is 6.09 Å². The molecule has 0 bridgehead atoms. The molecule has 3 nitrogen and oxygen atoms in total. The van der Waals surface area contributed by atoms with Crippen molar-refractivity contribution in [2.24, 2.45) is 0 Å². The SMILES string of the molecule is Cc1cc(N(C(=O)O)c2ccc(F)cc2)c(C(C)C)cc1Cl. The molecule has 1 N–H and O–H groups in total. The fourth-order valence-corrected chi connectivity index (χ4v) is 2.45. The molecule has 1 amide bonds. The van der Waals surface area contributed by atoms with Gasteiger partial charge in [0.2, 0.25) is 0 Å². The molecule has 116 valence electrons. The van der Waals surface area contributed by atoms with Crippen LogP contribution in [-0.2, 0) is 0 Å². The number of aryl methyl sites for hydroxylation is 1. The number of halogens is 2. The van der Waals surface area contributed by atoms with Gasteiger partial charge in [-0.15, -0.1) is 0 Å². The van der Waals surface area contributed by atoms with Gasteiger partial charge in [0.05, 0.1) is 11.4 Å². The van der Waals surface area contributed by atoms with E-state index in [1.54, 1.807) is 12.1 Å². The van der Waals surface area contributed by atoms with Crippen molar-refractivity contribution in [1.82, 2.24) is 0 Å². The van der Waals surface area contributed by atoms with Crippen LogP contribution in [0.1, 0.15) is 30.9 Å². The molecule has 0 radical (unpaired) electrons. The van der Waals surface area contributed by atoms with Gasteiger partial charge in [-0.1, -0.05) is 25.4 Å². The van der Waals surface area contributed by atoms with Crippen LogP contribution in [0.15, 0.2) is 36.4 Å². The van der Waals surface area contributed by atoms with E-state index in [9.17, 15) is 14.3 Å². The first-order valence-corrected chi connectivity index (χ1v) is 7.27. The number of rotatable bonds is 3. The summed E-state index contributed by atoms with van der Waals surface area (Å²) in [6, 6.07) is 8.90. The Morgan fingerprint density at radius 2 is 1.82 bits per heavy atom. The van der Waals surface area contributed by atoms with Gasteiger partial charge in [0, 0.05) is 5.02 Å². The Kier molecular flexibility index (Phi) is 4.71. The van der Waals surface area contributed by atoms with E-state index in [0.717, 1.165) is 16.0 Å². The average Bonchev–Trinajstić information content (AvgIpc) is 2.44. The number of nitrogens with zero attached hydrogens (tertiary/aromatic N) is 1. The van der Waals surface area contributed by atoms with E-state index >= 15 is 0 Å². The second-order valence-electron chi connectivity index (χ2n) is 5.41. The molecule has 2 aromatic carbocycles. The van der Waals surface area contributed by atoms with Gasteiger partial charge in [-0.05, 0) is 60.4 Å². The molecule has 2 aromatic rings. The van der Waals surface area contributed by atoms with Gasteiger partial charge in [0.1, 0.15) is 5.82 Å². The van der Waals surface area contributed by atoms with Gasteiger partial charge in [-0.2, -0.15) is 0 Å². The van der Waals surface area contributed by atoms with E-state index in [-0.39, 0.29) is 5.92 Å². The molecule has 0 saturated heterocycles. The highest BCUT2D eigenvalue weighted by Crippen LogP contribution is 2.36. The van der Waals surface area contributed by atoms with Crippen molar-refractivity contribution in [1.29, 1.82) is 0 Å². The highest BCUT2D eigenvalue weighted by molar-refractivity contribution is 6.31. The minimum Gasteiger partial charge on any atom is -0.464 e. The van der Waals surface area contributed by atoms with E-state index in [0.29, 0.717) is 16.4 Å². The third kappa shape index (κ3) is 3.22. The Labute approximate surface area is 133 Å². The molecule has 22 heavy (non-hydrogen) atoms. The van der Waals surface area contributed by atoms with Crippen LogP contribution in [0.4, 0.5) is 20.6 Å². The summed E-state index contributed by atoms with van der Waals surface area (Å²) in [5.41, 5.74) is 2.53. The first-order chi connectivity index (χ1) is 10.3. The highest BCUT2D eigenvalue weighted by Gasteiger charge is 2.22. The molecule has 0 aromatic heterocycles. The Balaban J connectivity index is 2.65. The molecule has 0 saturated carbocycles. The predicted octanol–water partition coefficient (Wildman–Crippen LogP) is 5.73. The standard InChI is InChI=1S/C17H17ClFNO2/c1-10(2)14-9-15(18)11(3)8-16(14)20(17(21)22)13-6-4-12(19)5-7-13/h4-10H,1-3H3,(H,21,22). The van der Waals surface area contributed by atoms with E-state index in [4.69, 9.17) is 11.6 Å². The molecule has 2 rings (SSSR count). The quantitative estimate of drug-likeness (QED) is 0.784. The summed E-state index contributed by atoms with van der Waals surface area (Å²) in [7, 11) is 0. The number of anilines is 2. The van der Waals surface area contributed by atoms with Gasteiger partial charge in [-0.25, -0.2) is 14.1 Å². The minimum absolute atomic E-state index is 0.0930. The molecule has 0 spiro atoms. The van der Waals surface area contributed by atoms with Crippen molar-refractivity contribution in [2.45, 2.75) is 26.7 Å². The summed E-state index contributed by atoms with van der Waals surface area (Å²) < 4.78 is 13.1. The summed E-state index contributed by atoms with van der Waals surface area (Å²) in [4.78, 5) is 12.9. The van der Waals surface area contributed by atoms with Gasteiger partial charge in [0.15, 0.2) is 0 Å². The van der Waals surface area contributed by atoms with E-state index in [2.05, 4.69) is 0 Å². The van der Waals surface area contributed by atoms with Gasteiger partial charge in [-0.3, -0.25) is 0 Å². The lowest BCUT2D eigenvalue weighted by atomic mass is 9.98. The lowest BCUT2D eigenvalue weighted by Crippen LogP contribution is -2.25. The molecule has 0 fully saturated rings. The normalized spacial score (nSPS) is 10.8. The van der Waals surface area contributed by atoms with E-state index < -0.39 is 11.9 Å². The topological polar surface area (TPSA) is 40.5 Å². The van der Waals surface area contributed by atoms with Gasteiger partial charge in [0.25, 0.3) is 0 Å². The largest absolute Gasteiger partial charge is 0.464 e. The van der Waals surface area contributed by atoms with E-state index in [1.165, 1.54) is 24.3 Å². The fraction of sp³-hybridized carbons (Fsp3) is 0.235. The second-order valence-corrected chi connectivity index (χ2v) is 5.82. The van der Waals surface area contributed by atoms with Crippen LogP contribution in [0.2, 0.25) is 5.02 Å². The summed E-state index contributed by atoms with van der Waals surface area (Å²) in [6.45, 7) is 5.75. The summed E-state index contributed by atoms with van der Waals surface area (Å²) >= 11 is 6.17. The fourth-order valence-electron chi connectivity index (χ4n) is 2.28. The number of carbonyl (C=O) groups is 1. The van der Waals surface area contributed by atoms with Crippen LogP contribution in [0, 0.1) is 12.7 Å². The Morgan fingerprint density at radius 3 is 2.32 bits per heavy atom. The number of hydrogen-bond acceptors (Lipinski definition) is 1. The third-order valence-corrected chi connectivity index (χ3v) is 3.85. The van der Waals surface area contributed by atoms with Crippen molar-refractivity contribution in [3.63, 3.8) is 0 Å². The van der Waals surface area contributed by atoms with Crippen molar-refractivity contribution in [3.05, 3.63) is 58.4 Å². The lowest BCUT2D eigenvalue weighted by molar-refractivity contribution is 0.204. The molecule has 0 heterocycles. The monoisotopic (exact) mass is 321 g/mol. The zero-order chi connectivity index (χ0) is 16.4. The minimum atomic E-state index is -1.13. The molecule has 0 aliphatic heterocycles. The smallest absolute Gasteiger partial charge is 0.416 e. The Hall–Kier alpha value is -2.07. The van der Waals surface area contributed by atoms with Crippen LogP contribution in [0.5, 0.6) is 0 Å². The predicted molar refractivity (Wildman–Crippen MR) is 86.8 cm³/mol. The lowest BCUT2D eigenvalue weighted by Gasteiger charge is -2.25. The van der Waals surface area contributed by atoms with Gasteiger partial charge < -0.3 is 5.11 Å². The molecule has 0 unspecified atom stereocenters. The molecular formula is C17H17ClFNO2. The maximum absolute atomic E-state index is 13.1. The Morgan fingerprint density at radius 1 is 1.23 bits per heavy atom. The molecule has 0 aliphatic rings. The molecule has 0 atom stereocenters. The highest BCUT2D eigenvalue weighted by atomic mass is 35.5. The zero-order valence-corrected chi connectivity index (χ0v) is 13.4. The first-order valence-electron chi connectivity index (χ1n) is 6.90. The number of hydrogen-bond donors (Lipinski definition) is 1. The third-order valence-electron chi connectivity index (χ3n) is 3.45. The van der Waals surface area contributed by atoms with Crippen LogP contribution < -0.4 is 4.90 Å². The number of carboxylic acid groups (broad SMARTS) is 1. The van der Waals surface area contributed by atoms with Crippen molar-refractivity contribution < 1.29 is 14.3 Å². The summed E-state index contributed by atoms with van der Waals surface area (Å²) in [5.74, 6) is -0.319. The van der Waals surface area contributed by atoms with Crippen LogP contribution in [-0.4, -0.2) is 11.2 Å².